The average Bonchev–Trinajstić information content (AvgIpc) is 3.17. The number of benzene rings is 1. The second kappa shape index (κ2) is 5.41. The minimum absolute atomic E-state index is 0.194. The fraction of sp³-hybridized carbons (Fsp3) is 0.625. The van der Waals surface area contributed by atoms with Crippen LogP contribution >= 0.6 is 0 Å². The molecular weight excluding hydrogens is 238 g/mol. The molecule has 0 spiro atoms. The van der Waals surface area contributed by atoms with Crippen molar-refractivity contribution in [1.82, 2.24) is 5.32 Å². The fourth-order valence-electron chi connectivity index (χ4n) is 2.56. The molecule has 3 heteroatoms. The van der Waals surface area contributed by atoms with Crippen LogP contribution in [0.25, 0.3) is 0 Å². The van der Waals surface area contributed by atoms with Crippen LogP contribution in [-0.4, -0.2) is 18.8 Å². The van der Waals surface area contributed by atoms with Crippen molar-refractivity contribution in [3.05, 3.63) is 23.8 Å². The molecule has 1 saturated carbocycles. The summed E-state index contributed by atoms with van der Waals surface area (Å²) in [5.41, 5.74) is 1.66. The minimum Gasteiger partial charge on any atom is -0.504 e. The fourth-order valence-corrected chi connectivity index (χ4v) is 2.56. The van der Waals surface area contributed by atoms with E-state index in [1.54, 1.807) is 13.2 Å². The van der Waals surface area contributed by atoms with E-state index in [-0.39, 0.29) is 11.8 Å². The molecule has 1 aromatic carbocycles. The number of methoxy groups -OCH3 is 1. The van der Waals surface area contributed by atoms with Gasteiger partial charge in [-0.3, -0.25) is 0 Å². The van der Waals surface area contributed by atoms with E-state index in [4.69, 9.17) is 4.74 Å². The van der Waals surface area contributed by atoms with Gasteiger partial charge in [0.05, 0.1) is 7.11 Å². The van der Waals surface area contributed by atoms with Gasteiger partial charge < -0.3 is 15.2 Å². The third kappa shape index (κ3) is 3.03. The van der Waals surface area contributed by atoms with Crippen LogP contribution < -0.4 is 10.1 Å². The van der Waals surface area contributed by atoms with Gasteiger partial charge in [0.2, 0.25) is 0 Å². The van der Waals surface area contributed by atoms with E-state index in [2.05, 4.69) is 26.1 Å². The molecule has 1 aliphatic rings. The normalized spacial score (nSPS) is 18.4. The lowest BCUT2D eigenvalue weighted by Crippen LogP contribution is -2.29. The molecule has 0 aromatic heterocycles. The zero-order chi connectivity index (χ0) is 14.0. The molecule has 0 heterocycles. The first kappa shape index (κ1) is 14.2. The number of phenols is 1. The van der Waals surface area contributed by atoms with E-state index < -0.39 is 0 Å². The van der Waals surface area contributed by atoms with Gasteiger partial charge in [0.25, 0.3) is 0 Å². The Morgan fingerprint density at radius 1 is 1.32 bits per heavy atom. The van der Waals surface area contributed by atoms with Crippen molar-refractivity contribution in [2.75, 3.05) is 13.7 Å². The zero-order valence-electron chi connectivity index (χ0n) is 12.4. The van der Waals surface area contributed by atoms with Gasteiger partial charge in [-0.2, -0.15) is 0 Å². The van der Waals surface area contributed by atoms with Gasteiger partial charge in [-0.25, -0.2) is 0 Å². The summed E-state index contributed by atoms with van der Waals surface area (Å²) in [7, 11) is 1.58. The zero-order valence-corrected chi connectivity index (χ0v) is 12.4. The van der Waals surface area contributed by atoms with E-state index in [9.17, 15) is 5.11 Å². The smallest absolute Gasteiger partial charge is 0.160 e. The van der Waals surface area contributed by atoms with Gasteiger partial charge in [0, 0.05) is 12.6 Å². The lowest BCUT2D eigenvalue weighted by molar-refractivity contribution is 0.324. The van der Waals surface area contributed by atoms with Crippen LogP contribution in [-0.2, 0) is 0 Å². The standard InChI is InChI=1S/C16H25NO2/c1-11(2)16(7-8-16)10-17-12(3)13-5-6-14(18)15(9-13)19-4/h5-6,9,11-12,17-18H,7-8,10H2,1-4H3. The highest BCUT2D eigenvalue weighted by atomic mass is 16.5. The number of hydrogen-bond acceptors (Lipinski definition) is 3. The van der Waals surface area contributed by atoms with Crippen molar-refractivity contribution in [3.8, 4) is 11.5 Å². The molecule has 1 aromatic rings. The van der Waals surface area contributed by atoms with E-state index in [0.29, 0.717) is 11.2 Å². The molecule has 0 aliphatic heterocycles. The Bertz CT molecular complexity index is 438. The van der Waals surface area contributed by atoms with Crippen molar-refractivity contribution in [1.29, 1.82) is 0 Å². The second-order valence-corrected chi connectivity index (χ2v) is 6.05. The van der Waals surface area contributed by atoms with E-state index in [0.717, 1.165) is 18.0 Å². The first-order valence-corrected chi connectivity index (χ1v) is 7.09. The molecule has 0 bridgehead atoms. The van der Waals surface area contributed by atoms with Crippen LogP contribution in [0.3, 0.4) is 0 Å². The monoisotopic (exact) mass is 263 g/mol. The van der Waals surface area contributed by atoms with Crippen LogP contribution in [0.1, 0.15) is 45.2 Å². The highest BCUT2D eigenvalue weighted by Crippen LogP contribution is 2.51. The van der Waals surface area contributed by atoms with E-state index >= 15 is 0 Å². The molecule has 19 heavy (non-hydrogen) atoms. The summed E-state index contributed by atoms with van der Waals surface area (Å²) in [6.45, 7) is 7.84. The molecule has 2 rings (SSSR count). The predicted octanol–water partition coefficient (Wildman–Crippen LogP) is 3.49. The van der Waals surface area contributed by atoms with Gasteiger partial charge in [0.15, 0.2) is 11.5 Å². The van der Waals surface area contributed by atoms with Crippen molar-refractivity contribution in [3.63, 3.8) is 0 Å². The highest BCUT2D eigenvalue weighted by Gasteiger charge is 2.44. The number of nitrogens with one attached hydrogen (secondary N) is 1. The Balaban J connectivity index is 1.98. The van der Waals surface area contributed by atoms with Gasteiger partial charge in [-0.1, -0.05) is 19.9 Å². The van der Waals surface area contributed by atoms with Crippen LogP contribution in [0.4, 0.5) is 0 Å². The maximum Gasteiger partial charge on any atom is 0.160 e. The Morgan fingerprint density at radius 3 is 2.53 bits per heavy atom. The quantitative estimate of drug-likeness (QED) is 0.825. The lowest BCUT2D eigenvalue weighted by atomic mass is 9.92. The maximum absolute atomic E-state index is 9.61. The SMILES string of the molecule is COc1cc(C(C)NCC2(C(C)C)CC2)ccc1O. The molecule has 1 fully saturated rings. The van der Waals surface area contributed by atoms with Crippen molar-refractivity contribution < 1.29 is 9.84 Å². The van der Waals surface area contributed by atoms with Crippen molar-refractivity contribution in [2.45, 2.75) is 39.7 Å². The molecule has 106 valence electrons. The molecule has 0 saturated heterocycles. The Morgan fingerprint density at radius 2 is 2.00 bits per heavy atom. The van der Waals surface area contributed by atoms with Gasteiger partial charge in [-0.05, 0) is 48.8 Å². The van der Waals surface area contributed by atoms with Crippen LogP contribution in [0, 0.1) is 11.3 Å². The number of rotatable bonds is 6. The molecule has 0 radical (unpaired) electrons. The molecule has 3 nitrogen and oxygen atoms in total. The lowest BCUT2D eigenvalue weighted by Gasteiger charge is -2.23. The Labute approximate surface area is 116 Å². The number of hydrogen-bond donors (Lipinski definition) is 2. The van der Waals surface area contributed by atoms with E-state index in [1.165, 1.54) is 12.8 Å². The van der Waals surface area contributed by atoms with Gasteiger partial charge >= 0.3 is 0 Å². The number of aromatic hydroxyl groups is 1. The second-order valence-electron chi connectivity index (χ2n) is 6.05. The first-order valence-electron chi connectivity index (χ1n) is 7.09. The van der Waals surface area contributed by atoms with Crippen molar-refractivity contribution in [2.24, 2.45) is 11.3 Å². The summed E-state index contributed by atoms with van der Waals surface area (Å²) in [5.74, 6) is 1.47. The summed E-state index contributed by atoms with van der Waals surface area (Å²) >= 11 is 0. The van der Waals surface area contributed by atoms with Crippen molar-refractivity contribution >= 4 is 0 Å². The number of ether oxygens (including phenoxy) is 1. The molecule has 0 amide bonds. The third-order valence-corrected chi connectivity index (χ3v) is 4.58. The molecule has 2 N–H and O–H groups in total. The van der Waals surface area contributed by atoms with Gasteiger partial charge in [0.1, 0.15) is 0 Å². The summed E-state index contributed by atoms with van der Waals surface area (Å²) < 4.78 is 5.15. The van der Waals surface area contributed by atoms with Gasteiger partial charge in [-0.15, -0.1) is 0 Å². The predicted molar refractivity (Wildman–Crippen MR) is 77.6 cm³/mol. The Kier molecular flexibility index (Phi) is 4.04. The highest BCUT2D eigenvalue weighted by molar-refractivity contribution is 5.42. The molecule has 1 atom stereocenters. The molecular formula is C16H25NO2. The largest absolute Gasteiger partial charge is 0.504 e. The summed E-state index contributed by atoms with van der Waals surface area (Å²) in [6.07, 6.45) is 2.67. The Hall–Kier alpha value is -1.22. The topological polar surface area (TPSA) is 41.5 Å². The number of phenolic OH excluding ortho intramolecular Hbond substituents is 1. The third-order valence-electron chi connectivity index (χ3n) is 4.58. The molecule has 1 aliphatic carbocycles. The summed E-state index contributed by atoms with van der Waals surface area (Å²) in [6, 6.07) is 5.82. The van der Waals surface area contributed by atoms with Crippen LogP contribution in [0.15, 0.2) is 18.2 Å². The summed E-state index contributed by atoms with van der Waals surface area (Å²) in [5, 5.41) is 13.2. The van der Waals surface area contributed by atoms with Crippen LogP contribution in [0.2, 0.25) is 0 Å². The minimum atomic E-state index is 0.194. The first-order chi connectivity index (χ1) is 8.98. The molecule has 1 unspecified atom stereocenters. The van der Waals surface area contributed by atoms with Crippen LogP contribution in [0.5, 0.6) is 11.5 Å². The average molecular weight is 263 g/mol. The summed E-state index contributed by atoms with van der Waals surface area (Å²) in [4.78, 5) is 0. The van der Waals surface area contributed by atoms with E-state index in [1.807, 2.05) is 12.1 Å². The maximum atomic E-state index is 9.61.